The van der Waals surface area contributed by atoms with Crippen molar-refractivity contribution in [3.63, 3.8) is 0 Å². The Morgan fingerprint density at radius 2 is 2.04 bits per heavy atom. The molecule has 0 bridgehead atoms. The van der Waals surface area contributed by atoms with Crippen LogP contribution in [0.25, 0.3) is 0 Å². The highest BCUT2D eigenvalue weighted by molar-refractivity contribution is 7.10. The van der Waals surface area contributed by atoms with Gasteiger partial charge in [0.05, 0.1) is 22.6 Å². The van der Waals surface area contributed by atoms with Crippen molar-refractivity contribution in [1.82, 2.24) is 0 Å². The van der Waals surface area contributed by atoms with Crippen molar-refractivity contribution in [2.24, 2.45) is 0 Å². The molecule has 1 aliphatic rings. The molecule has 0 fully saturated rings. The number of carbonyl (C=O) groups is 1. The van der Waals surface area contributed by atoms with Gasteiger partial charge >= 0.3 is 5.97 Å². The van der Waals surface area contributed by atoms with Crippen molar-refractivity contribution in [3.05, 3.63) is 49.6 Å². The van der Waals surface area contributed by atoms with E-state index < -0.39 is 30.2 Å². The van der Waals surface area contributed by atoms with Crippen LogP contribution >= 0.6 is 34.5 Å². The molecule has 3 unspecified atom stereocenters. The lowest BCUT2D eigenvalue weighted by Crippen LogP contribution is -2.30. The Morgan fingerprint density at radius 1 is 1.33 bits per heavy atom. The van der Waals surface area contributed by atoms with Gasteiger partial charge in [0.15, 0.2) is 6.61 Å². The minimum Gasteiger partial charge on any atom is -0.480 e. The maximum Gasteiger partial charge on any atom is 0.341 e. The van der Waals surface area contributed by atoms with Crippen LogP contribution < -0.4 is 4.74 Å². The van der Waals surface area contributed by atoms with Crippen molar-refractivity contribution in [2.75, 3.05) is 6.61 Å². The third-order valence-electron chi connectivity index (χ3n) is 4.35. The summed E-state index contributed by atoms with van der Waals surface area (Å²) in [5.41, 5.74) is -0.254. The summed E-state index contributed by atoms with van der Waals surface area (Å²) in [5, 5.41) is 32.3. The summed E-state index contributed by atoms with van der Waals surface area (Å²) in [6.45, 7) is 1.16. The van der Waals surface area contributed by atoms with Gasteiger partial charge in [0.2, 0.25) is 0 Å². The predicted molar refractivity (Wildman–Crippen MR) is 91.2 cm³/mol. The predicted octanol–water partition coefficient (Wildman–Crippen LogP) is 3.56. The van der Waals surface area contributed by atoms with Gasteiger partial charge in [0.1, 0.15) is 10.8 Å². The Hall–Kier alpha value is -1.31. The third kappa shape index (κ3) is 2.50. The number of aliphatic hydroxyl groups excluding tert-OH is 2. The summed E-state index contributed by atoms with van der Waals surface area (Å²) in [6, 6.07) is 5.11. The summed E-state index contributed by atoms with van der Waals surface area (Å²) in [7, 11) is 0. The van der Waals surface area contributed by atoms with Gasteiger partial charge in [-0.05, 0) is 30.0 Å². The molecule has 3 atom stereocenters. The summed E-state index contributed by atoms with van der Waals surface area (Å²) >= 11 is 13.9. The van der Waals surface area contributed by atoms with Crippen molar-refractivity contribution in [1.29, 1.82) is 0 Å². The first-order chi connectivity index (χ1) is 11.3. The van der Waals surface area contributed by atoms with Crippen molar-refractivity contribution in [2.45, 2.75) is 24.5 Å². The van der Waals surface area contributed by atoms with Crippen molar-refractivity contribution in [3.8, 4) is 5.75 Å². The number of hydrogen-bond donors (Lipinski definition) is 3. The van der Waals surface area contributed by atoms with Crippen molar-refractivity contribution < 1.29 is 24.9 Å². The zero-order valence-electron chi connectivity index (χ0n) is 12.5. The number of aliphatic hydroxyl groups is 2. The zero-order chi connectivity index (χ0) is 17.6. The van der Waals surface area contributed by atoms with Gasteiger partial charge in [-0.1, -0.05) is 29.3 Å². The average Bonchev–Trinajstić information content (AvgIpc) is 3.13. The molecule has 3 N–H and O–H groups in total. The minimum atomic E-state index is -1.16. The highest BCUT2D eigenvalue weighted by atomic mass is 35.5. The van der Waals surface area contributed by atoms with Gasteiger partial charge in [0, 0.05) is 10.4 Å². The van der Waals surface area contributed by atoms with Crippen LogP contribution in [0.5, 0.6) is 5.75 Å². The molecule has 0 spiro atoms. The Morgan fingerprint density at radius 3 is 2.62 bits per heavy atom. The van der Waals surface area contributed by atoms with Crippen LogP contribution in [0.4, 0.5) is 0 Å². The van der Waals surface area contributed by atoms with E-state index in [1.165, 1.54) is 17.4 Å². The minimum absolute atomic E-state index is 0.0124. The fourth-order valence-electron chi connectivity index (χ4n) is 3.01. The highest BCUT2D eigenvalue weighted by Gasteiger charge is 2.52. The van der Waals surface area contributed by atoms with Crippen LogP contribution in [-0.2, 0) is 10.2 Å². The van der Waals surface area contributed by atoms with Gasteiger partial charge in [-0.25, -0.2) is 4.79 Å². The second kappa shape index (κ2) is 6.20. The number of fused-ring (bicyclic) bond motifs is 1. The van der Waals surface area contributed by atoms with Crippen LogP contribution in [-0.4, -0.2) is 27.9 Å². The number of halogens is 2. The number of rotatable bonds is 4. The average molecular weight is 389 g/mol. The van der Waals surface area contributed by atoms with E-state index >= 15 is 0 Å². The van der Waals surface area contributed by atoms with Crippen molar-refractivity contribution >= 4 is 40.5 Å². The van der Waals surface area contributed by atoms with E-state index in [9.17, 15) is 15.0 Å². The lowest BCUT2D eigenvalue weighted by Gasteiger charge is -2.30. The third-order valence-corrected chi connectivity index (χ3v) is 6.34. The number of benzene rings is 1. The number of ether oxygens (including phenoxy) is 1. The zero-order valence-corrected chi connectivity index (χ0v) is 14.8. The smallest absolute Gasteiger partial charge is 0.341 e. The Bertz CT molecular complexity index is 792. The van der Waals surface area contributed by atoms with Gasteiger partial charge < -0.3 is 20.1 Å². The summed E-state index contributed by atoms with van der Waals surface area (Å²) in [4.78, 5) is 11.5. The van der Waals surface area contributed by atoms with E-state index in [4.69, 9.17) is 33.0 Å². The van der Waals surface area contributed by atoms with Crippen LogP contribution in [0.2, 0.25) is 10.0 Å². The molecule has 0 saturated carbocycles. The van der Waals surface area contributed by atoms with E-state index in [-0.39, 0.29) is 15.8 Å². The highest BCUT2D eigenvalue weighted by Crippen LogP contribution is 2.59. The molecule has 128 valence electrons. The molecular weight excluding hydrogens is 375 g/mol. The first kappa shape index (κ1) is 17.5. The summed E-state index contributed by atoms with van der Waals surface area (Å²) in [6.07, 6.45) is -2.09. The number of thiophene rings is 1. The first-order valence-electron chi connectivity index (χ1n) is 7.05. The number of carboxylic acid groups (broad SMARTS) is 1. The maximum atomic E-state index is 10.8. The molecule has 2 aromatic rings. The molecule has 0 amide bonds. The van der Waals surface area contributed by atoms with E-state index in [2.05, 4.69) is 0 Å². The molecular formula is C16H14Cl2O5S. The molecule has 5 nitrogen and oxygen atoms in total. The quantitative estimate of drug-likeness (QED) is 0.745. The van der Waals surface area contributed by atoms with Gasteiger partial charge in [-0.2, -0.15) is 0 Å². The number of hydrogen-bond acceptors (Lipinski definition) is 5. The lowest BCUT2D eigenvalue weighted by atomic mass is 9.81. The van der Waals surface area contributed by atoms with E-state index in [1.807, 2.05) is 17.5 Å². The molecule has 24 heavy (non-hydrogen) atoms. The van der Waals surface area contributed by atoms with E-state index in [1.54, 1.807) is 6.92 Å². The molecule has 1 aromatic carbocycles. The molecule has 1 aliphatic carbocycles. The monoisotopic (exact) mass is 388 g/mol. The fraction of sp³-hybridized carbons (Fsp3) is 0.312. The maximum absolute atomic E-state index is 10.8. The molecule has 3 rings (SSSR count). The van der Waals surface area contributed by atoms with Gasteiger partial charge in [-0.15, -0.1) is 11.3 Å². The SMILES string of the molecule is CC1(c2cccs2)C(O)c2cc(OCC(=O)O)c(Cl)c(Cl)c2C1O. The largest absolute Gasteiger partial charge is 0.480 e. The van der Waals surface area contributed by atoms with Crippen LogP contribution in [0.15, 0.2) is 23.6 Å². The molecule has 0 radical (unpaired) electrons. The Balaban J connectivity index is 2.11. The molecule has 0 saturated heterocycles. The summed E-state index contributed by atoms with van der Waals surface area (Å²) < 4.78 is 5.14. The standard InChI is InChI=1S/C16H14Cl2O5S/c1-16(9-3-2-4-24-9)14(21)7-5-8(23-6-10(19)20)12(17)13(18)11(7)15(16)22/h2-5,14-15,21-22H,6H2,1H3,(H,19,20). The normalized spacial score (nSPS) is 25.5. The molecule has 8 heteroatoms. The molecule has 1 aromatic heterocycles. The topological polar surface area (TPSA) is 87.0 Å². The van der Waals surface area contributed by atoms with Crippen LogP contribution in [0.1, 0.15) is 35.1 Å². The fourth-order valence-corrected chi connectivity index (χ4v) is 4.47. The van der Waals surface area contributed by atoms with Gasteiger partial charge in [0.25, 0.3) is 0 Å². The number of aliphatic carboxylic acids is 1. The van der Waals surface area contributed by atoms with E-state index in [0.717, 1.165) is 4.88 Å². The molecule has 1 heterocycles. The Labute approximate surface area is 152 Å². The second-order valence-corrected chi connectivity index (χ2v) is 7.46. The van der Waals surface area contributed by atoms with E-state index in [0.29, 0.717) is 11.1 Å². The van der Waals surface area contributed by atoms with Crippen LogP contribution in [0, 0.1) is 0 Å². The second-order valence-electron chi connectivity index (χ2n) is 5.75. The first-order valence-corrected chi connectivity index (χ1v) is 8.68. The Kier molecular flexibility index (Phi) is 4.53. The number of carboxylic acids is 1. The molecule has 0 aliphatic heterocycles. The van der Waals surface area contributed by atoms with Gasteiger partial charge in [-0.3, -0.25) is 0 Å². The lowest BCUT2D eigenvalue weighted by molar-refractivity contribution is -0.139. The van der Waals surface area contributed by atoms with Crippen LogP contribution in [0.3, 0.4) is 0 Å². The summed E-state index contributed by atoms with van der Waals surface area (Å²) in [5.74, 6) is -1.10.